The van der Waals surface area contributed by atoms with E-state index in [0.29, 0.717) is 11.8 Å². The molecule has 4 N–H and O–H groups in total. The average Bonchev–Trinajstić information content (AvgIpc) is 3.27. The number of pyridine rings is 1. The minimum absolute atomic E-state index is 0.00886. The molecule has 34 heavy (non-hydrogen) atoms. The Hall–Kier alpha value is -2.80. The van der Waals surface area contributed by atoms with Crippen LogP contribution in [0.25, 0.3) is 17.2 Å². The number of allylic oxidation sites excluding steroid dienone is 2. The lowest BCUT2D eigenvalue weighted by atomic mass is 9.67. The highest BCUT2D eigenvalue weighted by atomic mass is 16.3. The van der Waals surface area contributed by atoms with Crippen LogP contribution in [0.2, 0.25) is 0 Å². The quantitative estimate of drug-likeness (QED) is 0.488. The third-order valence-corrected chi connectivity index (χ3v) is 7.45. The number of hydrogen-bond acceptors (Lipinski definition) is 6. The molecule has 1 fully saturated rings. The van der Waals surface area contributed by atoms with Gasteiger partial charge in [-0.05, 0) is 62.7 Å². The van der Waals surface area contributed by atoms with Crippen molar-refractivity contribution in [3.8, 4) is 11.1 Å². The van der Waals surface area contributed by atoms with Crippen molar-refractivity contribution in [2.75, 3.05) is 0 Å². The lowest BCUT2D eigenvalue weighted by molar-refractivity contribution is -0.425. The van der Waals surface area contributed by atoms with Gasteiger partial charge in [0.1, 0.15) is 5.84 Å². The van der Waals surface area contributed by atoms with Crippen molar-refractivity contribution in [2.45, 2.75) is 70.7 Å². The number of aromatic nitrogens is 1. The zero-order chi connectivity index (χ0) is 24.3. The number of hydrogen-bond donors (Lipinski definition) is 3. The van der Waals surface area contributed by atoms with Crippen molar-refractivity contribution in [3.05, 3.63) is 71.6 Å². The van der Waals surface area contributed by atoms with Crippen LogP contribution in [0.15, 0.2) is 59.6 Å². The van der Waals surface area contributed by atoms with E-state index in [-0.39, 0.29) is 11.5 Å². The monoisotopic (exact) mass is 458 g/mol. The van der Waals surface area contributed by atoms with E-state index in [0.717, 1.165) is 53.8 Å². The summed E-state index contributed by atoms with van der Waals surface area (Å²) in [7, 11) is 0. The first-order valence-corrected chi connectivity index (χ1v) is 12.3. The smallest absolute Gasteiger partial charge is 0.145 e. The molecule has 3 atom stereocenters. The van der Waals surface area contributed by atoms with Crippen LogP contribution in [0.5, 0.6) is 0 Å². The second-order valence-electron chi connectivity index (χ2n) is 9.77. The highest BCUT2D eigenvalue weighted by Gasteiger charge is 2.38. The molecule has 0 amide bonds. The molecule has 4 rings (SSSR count). The Bertz CT molecular complexity index is 1090. The molecule has 0 radical (unpaired) electrons. The number of nitrogens with one attached hydrogen (secondary N) is 2. The maximum Gasteiger partial charge on any atom is 0.145 e. The molecule has 180 valence electrons. The van der Waals surface area contributed by atoms with Crippen LogP contribution in [0.4, 0.5) is 0 Å². The minimum Gasteiger partial charge on any atom is -0.822 e. The summed E-state index contributed by atoms with van der Waals surface area (Å²) in [6.07, 6.45) is 8.18. The van der Waals surface area contributed by atoms with E-state index in [4.69, 9.17) is 10.7 Å². The van der Waals surface area contributed by atoms with Crippen molar-refractivity contribution in [2.24, 2.45) is 16.6 Å². The maximum atomic E-state index is 11.8. The molecule has 6 nitrogen and oxygen atoms in total. The minimum atomic E-state index is -1.23. The molecule has 1 aromatic heterocycles. The van der Waals surface area contributed by atoms with Crippen molar-refractivity contribution < 1.29 is 5.11 Å². The summed E-state index contributed by atoms with van der Waals surface area (Å²) >= 11 is 0. The molecule has 2 unspecified atom stereocenters. The summed E-state index contributed by atoms with van der Waals surface area (Å²) in [6, 6.07) is 12.3. The highest BCUT2D eigenvalue weighted by Crippen LogP contribution is 2.40. The van der Waals surface area contributed by atoms with Crippen LogP contribution in [-0.4, -0.2) is 22.7 Å². The first kappa shape index (κ1) is 24.3. The van der Waals surface area contributed by atoms with Gasteiger partial charge in [0, 0.05) is 28.9 Å². The van der Waals surface area contributed by atoms with E-state index in [1.165, 1.54) is 12.0 Å². The fourth-order valence-corrected chi connectivity index (χ4v) is 5.04. The topological polar surface area (TPSA) is 98.4 Å². The van der Waals surface area contributed by atoms with Crippen LogP contribution < -0.4 is 21.7 Å². The van der Waals surface area contributed by atoms with E-state index in [9.17, 15) is 5.11 Å². The van der Waals surface area contributed by atoms with E-state index >= 15 is 0 Å². The second-order valence-corrected chi connectivity index (χ2v) is 9.77. The van der Waals surface area contributed by atoms with Gasteiger partial charge in [-0.25, -0.2) is 5.43 Å². The first-order chi connectivity index (χ1) is 16.3. The Kier molecular flexibility index (Phi) is 7.31. The van der Waals surface area contributed by atoms with Crippen molar-refractivity contribution in [3.63, 3.8) is 0 Å². The van der Waals surface area contributed by atoms with Gasteiger partial charge in [-0.1, -0.05) is 62.4 Å². The van der Waals surface area contributed by atoms with Gasteiger partial charge in [0.2, 0.25) is 0 Å². The Balaban J connectivity index is 1.68. The fourth-order valence-electron chi connectivity index (χ4n) is 5.04. The number of amidine groups is 1. The summed E-state index contributed by atoms with van der Waals surface area (Å²) < 4.78 is 0. The molecule has 2 aromatic rings. The fraction of sp³-hybridized carbons (Fsp3) is 0.429. The summed E-state index contributed by atoms with van der Waals surface area (Å²) in [6.45, 7) is 10.6. The van der Waals surface area contributed by atoms with Gasteiger partial charge in [0.25, 0.3) is 0 Å². The molecular weight excluding hydrogens is 422 g/mol. The maximum absolute atomic E-state index is 11.8. The second kappa shape index (κ2) is 10.2. The van der Waals surface area contributed by atoms with Gasteiger partial charge in [-0.3, -0.25) is 9.98 Å². The molecule has 2 aliphatic rings. The summed E-state index contributed by atoms with van der Waals surface area (Å²) in [5.41, 5.74) is 18.2. The standard InChI is InChI=1S/C28H36N5O/c1-5-20(16-19(4)28(29)13-10-14-28)15-18(3)25-22(21-11-8-7-9-12-21)17-23(24(6-2)30-25)26-31-27(34)33-32-26/h5-9,11-12,17-19,27,33H,2,10,13-16,29H2,1,3-4H3,(H,31,32)/q-1/b20-5-/t18-,19?,27?/m1/s1. The highest BCUT2D eigenvalue weighted by molar-refractivity contribution is 6.02. The van der Waals surface area contributed by atoms with Crippen LogP contribution in [0.3, 0.4) is 0 Å². The Labute approximate surface area is 203 Å². The number of benzene rings is 1. The molecule has 1 aliphatic carbocycles. The van der Waals surface area contributed by atoms with Crippen LogP contribution in [-0.2, 0) is 0 Å². The van der Waals surface area contributed by atoms with Gasteiger partial charge in [-0.2, -0.15) is 0 Å². The molecule has 1 aliphatic heterocycles. The SMILES string of the molecule is C=Cc1nc([C@H](C)C/C(=C/C)CC(C)C2(N)CCC2)c(-c2ccccc2)cc1C1=NC([O-])NN1. The van der Waals surface area contributed by atoms with Crippen LogP contribution in [0, 0.1) is 5.92 Å². The molecule has 0 saturated heterocycles. The van der Waals surface area contributed by atoms with Gasteiger partial charge >= 0.3 is 0 Å². The largest absolute Gasteiger partial charge is 0.822 e. The number of nitrogens with two attached hydrogens (primary N) is 1. The van der Waals surface area contributed by atoms with Crippen LogP contribution >= 0.6 is 0 Å². The zero-order valence-corrected chi connectivity index (χ0v) is 20.5. The zero-order valence-electron chi connectivity index (χ0n) is 20.5. The lowest BCUT2D eigenvalue weighted by Gasteiger charge is -2.44. The average molecular weight is 459 g/mol. The number of aliphatic imine (C=N–C) groups is 1. The predicted octanol–water partition coefficient (Wildman–Crippen LogP) is 4.24. The van der Waals surface area contributed by atoms with E-state index in [1.54, 1.807) is 6.08 Å². The third-order valence-electron chi connectivity index (χ3n) is 7.45. The predicted molar refractivity (Wildman–Crippen MR) is 138 cm³/mol. The van der Waals surface area contributed by atoms with Crippen molar-refractivity contribution in [1.82, 2.24) is 15.8 Å². The molecule has 1 saturated carbocycles. The van der Waals surface area contributed by atoms with E-state index in [2.05, 4.69) is 67.5 Å². The third kappa shape index (κ3) is 4.99. The van der Waals surface area contributed by atoms with Gasteiger partial charge < -0.3 is 16.3 Å². The Morgan fingerprint density at radius 1 is 1.24 bits per heavy atom. The van der Waals surface area contributed by atoms with Crippen LogP contribution in [0.1, 0.15) is 75.7 Å². The molecule has 0 bridgehead atoms. The molecular formula is C28H36N5O-. The molecule has 1 aromatic carbocycles. The number of rotatable bonds is 9. The molecule has 6 heteroatoms. The summed E-state index contributed by atoms with van der Waals surface area (Å²) in [4.78, 5) is 9.20. The summed E-state index contributed by atoms with van der Waals surface area (Å²) in [5.74, 6) is 1.15. The molecule has 2 heterocycles. The Morgan fingerprint density at radius 2 is 1.97 bits per heavy atom. The normalized spacial score (nSPS) is 21.3. The van der Waals surface area contributed by atoms with E-state index < -0.39 is 6.35 Å². The summed E-state index contributed by atoms with van der Waals surface area (Å²) in [5, 5.41) is 11.8. The lowest BCUT2D eigenvalue weighted by Crippen LogP contribution is -2.52. The van der Waals surface area contributed by atoms with Gasteiger partial charge in [0.15, 0.2) is 0 Å². The van der Waals surface area contributed by atoms with E-state index in [1.807, 2.05) is 18.2 Å². The van der Waals surface area contributed by atoms with Crippen molar-refractivity contribution >= 4 is 11.9 Å². The van der Waals surface area contributed by atoms with Gasteiger partial charge in [-0.15, -0.1) is 0 Å². The van der Waals surface area contributed by atoms with Gasteiger partial charge in [0.05, 0.1) is 11.4 Å². The van der Waals surface area contributed by atoms with Crippen molar-refractivity contribution in [1.29, 1.82) is 0 Å². The number of nitrogens with zero attached hydrogens (tertiary/aromatic N) is 2. The Morgan fingerprint density at radius 3 is 2.53 bits per heavy atom. The molecule has 0 spiro atoms. The first-order valence-electron chi connectivity index (χ1n) is 12.3. The number of hydrazine groups is 1.